The number of nitrogens with zero attached hydrogens (tertiary/aromatic N) is 2. The molecule has 0 aliphatic rings. The molecule has 1 aromatic heterocycles. The Hall–Kier alpha value is -2.36. The molecule has 4 heteroatoms. The molecule has 0 unspecified atom stereocenters. The van der Waals surface area contributed by atoms with Gasteiger partial charge in [0, 0.05) is 14.1 Å². The zero-order valence-electron chi connectivity index (χ0n) is 11.7. The Kier molecular flexibility index (Phi) is 2.93. The van der Waals surface area contributed by atoms with Crippen LogP contribution in [0, 0.1) is 12.7 Å². The molecule has 0 fully saturated rings. The number of aromatic nitrogens is 2. The minimum atomic E-state index is -0.181. The summed E-state index contributed by atoms with van der Waals surface area (Å²) in [6.45, 7) is 1.76. The number of hydrogen-bond acceptors (Lipinski definition) is 2. The molecule has 0 aliphatic heterocycles. The van der Waals surface area contributed by atoms with E-state index in [1.54, 1.807) is 19.1 Å². The Morgan fingerprint density at radius 2 is 1.80 bits per heavy atom. The summed E-state index contributed by atoms with van der Waals surface area (Å²) >= 11 is 0. The van der Waals surface area contributed by atoms with Gasteiger partial charge in [-0.15, -0.1) is 0 Å². The number of hydrogen-bond donors (Lipinski definition) is 1. The fourth-order valence-electron chi connectivity index (χ4n) is 2.38. The van der Waals surface area contributed by atoms with Gasteiger partial charge in [0.15, 0.2) is 0 Å². The maximum absolute atomic E-state index is 13.7. The molecule has 0 saturated carbocycles. The second-order valence-corrected chi connectivity index (χ2v) is 4.91. The molecule has 0 aliphatic carbocycles. The molecule has 1 N–H and O–H groups in total. The summed E-state index contributed by atoms with van der Waals surface area (Å²) in [6, 6.07) is 11.3. The van der Waals surface area contributed by atoms with Gasteiger partial charge in [0.25, 0.3) is 0 Å². The number of benzene rings is 2. The molecule has 0 radical (unpaired) electrons. The summed E-state index contributed by atoms with van der Waals surface area (Å²) in [5.74, 6) is 0.631. The first-order valence-electron chi connectivity index (χ1n) is 6.51. The van der Waals surface area contributed by atoms with Crippen LogP contribution in [0.5, 0.6) is 0 Å². The lowest BCUT2D eigenvalue weighted by molar-refractivity contribution is 0.619. The molecule has 102 valence electrons. The highest BCUT2D eigenvalue weighted by Crippen LogP contribution is 2.26. The molecule has 1 heterocycles. The summed E-state index contributed by atoms with van der Waals surface area (Å²) in [5.41, 5.74) is 4.44. The van der Waals surface area contributed by atoms with Crippen molar-refractivity contribution in [1.82, 2.24) is 9.55 Å². The Balaban J connectivity index is 2.15. The van der Waals surface area contributed by atoms with Crippen LogP contribution < -0.4 is 5.32 Å². The van der Waals surface area contributed by atoms with Gasteiger partial charge in [0.2, 0.25) is 5.95 Å². The van der Waals surface area contributed by atoms with Gasteiger partial charge in [0.1, 0.15) is 5.82 Å². The third-order valence-corrected chi connectivity index (χ3v) is 3.61. The molecule has 0 bridgehead atoms. The smallest absolute Gasteiger partial charge is 0.203 e. The quantitative estimate of drug-likeness (QED) is 0.768. The van der Waals surface area contributed by atoms with Crippen molar-refractivity contribution in [3.05, 3.63) is 47.8 Å². The molecule has 3 nitrogen and oxygen atoms in total. The lowest BCUT2D eigenvalue weighted by Gasteiger charge is -2.04. The highest BCUT2D eigenvalue weighted by molar-refractivity contribution is 5.84. The number of halogens is 1. The maximum Gasteiger partial charge on any atom is 0.203 e. The second kappa shape index (κ2) is 4.63. The third-order valence-electron chi connectivity index (χ3n) is 3.61. The van der Waals surface area contributed by atoms with Gasteiger partial charge in [-0.3, -0.25) is 0 Å². The standard InChI is InChI=1S/C16H16FN3/c1-10-4-5-11(8-13(10)17)12-6-7-15-14(9-12)19-16(18-2)20(15)3/h4-9H,1-3H3,(H,18,19). The summed E-state index contributed by atoms with van der Waals surface area (Å²) in [4.78, 5) is 4.51. The molecular formula is C16H16FN3. The Morgan fingerprint density at radius 1 is 1.10 bits per heavy atom. The van der Waals surface area contributed by atoms with E-state index < -0.39 is 0 Å². The Bertz CT molecular complexity index is 790. The predicted molar refractivity (Wildman–Crippen MR) is 80.4 cm³/mol. The van der Waals surface area contributed by atoms with Crippen LogP contribution in [0.25, 0.3) is 22.2 Å². The molecule has 20 heavy (non-hydrogen) atoms. The van der Waals surface area contributed by atoms with E-state index in [2.05, 4.69) is 10.3 Å². The van der Waals surface area contributed by atoms with Gasteiger partial charge < -0.3 is 9.88 Å². The van der Waals surface area contributed by atoms with Crippen LogP contribution in [-0.4, -0.2) is 16.6 Å². The largest absolute Gasteiger partial charge is 0.359 e. The minimum Gasteiger partial charge on any atom is -0.359 e. The first kappa shape index (κ1) is 12.7. The number of anilines is 1. The van der Waals surface area contributed by atoms with Crippen LogP contribution in [0.15, 0.2) is 36.4 Å². The van der Waals surface area contributed by atoms with E-state index in [4.69, 9.17) is 0 Å². The molecule has 3 aromatic rings. The van der Waals surface area contributed by atoms with Crippen molar-refractivity contribution in [1.29, 1.82) is 0 Å². The molecule has 2 aromatic carbocycles. The highest BCUT2D eigenvalue weighted by Gasteiger charge is 2.08. The average Bonchev–Trinajstić information content (AvgIpc) is 2.78. The summed E-state index contributed by atoms with van der Waals surface area (Å²) < 4.78 is 15.7. The SMILES string of the molecule is CNc1nc2cc(-c3ccc(C)c(F)c3)ccc2n1C. The first-order valence-corrected chi connectivity index (χ1v) is 6.51. The Morgan fingerprint density at radius 3 is 2.50 bits per heavy atom. The number of aryl methyl sites for hydroxylation is 2. The van der Waals surface area contributed by atoms with Crippen molar-refractivity contribution in [2.45, 2.75) is 6.92 Å². The van der Waals surface area contributed by atoms with E-state index in [0.29, 0.717) is 5.56 Å². The van der Waals surface area contributed by atoms with E-state index in [9.17, 15) is 4.39 Å². The first-order chi connectivity index (χ1) is 9.60. The van der Waals surface area contributed by atoms with Gasteiger partial charge in [-0.05, 0) is 41.8 Å². The number of nitrogens with one attached hydrogen (secondary N) is 1. The van der Waals surface area contributed by atoms with Crippen LogP contribution in [0.1, 0.15) is 5.56 Å². The predicted octanol–water partition coefficient (Wildman–Crippen LogP) is 3.73. The molecule has 0 saturated heterocycles. The number of fused-ring (bicyclic) bond motifs is 1. The lowest BCUT2D eigenvalue weighted by atomic mass is 10.0. The monoisotopic (exact) mass is 269 g/mol. The van der Waals surface area contributed by atoms with Gasteiger partial charge in [-0.2, -0.15) is 0 Å². The molecule has 0 spiro atoms. The van der Waals surface area contributed by atoms with E-state index in [1.807, 2.05) is 42.9 Å². The van der Waals surface area contributed by atoms with Crippen molar-refractivity contribution in [3.63, 3.8) is 0 Å². The van der Waals surface area contributed by atoms with E-state index >= 15 is 0 Å². The average molecular weight is 269 g/mol. The molecule has 3 rings (SSSR count). The zero-order valence-corrected chi connectivity index (χ0v) is 11.7. The molecule has 0 atom stereocenters. The highest BCUT2D eigenvalue weighted by atomic mass is 19.1. The van der Waals surface area contributed by atoms with Crippen molar-refractivity contribution in [3.8, 4) is 11.1 Å². The summed E-state index contributed by atoms with van der Waals surface area (Å²) in [6.07, 6.45) is 0. The fraction of sp³-hybridized carbons (Fsp3) is 0.188. The lowest BCUT2D eigenvalue weighted by Crippen LogP contribution is -1.97. The topological polar surface area (TPSA) is 29.9 Å². The van der Waals surface area contributed by atoms with Crippen LogP contribution in [0.2, 0.25) is 0 Å². The number of imidazole rings is 1. The van der Waals surface area contributed by atoms with E-state index in [-0.39, 0.29) is 5.82 Å². The van der Waals surface area contributed by atoms with Crippen molar-refractivity contribution in [2.75, 3.05) is 12.4 Å². The number of rotatable bonds is 2. The summed E-state index contributed by atoms with van der Waals surface area (Å²) in [5, 5.41) is 3.05. The van der Waals surface area contributed by atoms with Gasteiger partial charge in [0.05, 0.1) is 11.0 Å². The summed E-state index contributed by atoms with van der Waals surface area (Å²) in [7, 11) is 3.81. The zero-order chi connectivity index (χ0) is 14.3. The second-order valence-electron chi connectivity index (χ2n) is 4.91. The van der Waals surface area contributed by atoms with Crippen molar-refractivity contribution >= 4 is 17.0 Å². The van der Waals surface area contributed by atoms with Gasteiger partial charge in [-0.25, -0.2) is 9.37 Å². The van der Waals surface area contributed by atoms with Gasteiger partial charge in [-0.1, -0.05) is 18.2 Å². The van der Waals surface area contributed by atoms with E-state index in [1.165, 1.54) is 0 Å². The molecular weight excluding hydrogens is 253 g/mol. The third kappa shape index (κ3) is 1.93. The van der Waals surface area contributed by atoms with Crippen LogP contribution >= 0.6 is 0 Å². The molecule has 0 amide bonds. The van der Waals surface area contributed by atoms with Crippen LogP contribution in [0.4, 0.5) is 10.3 Å². The van der Waals surface area contributed by atoms with E-state index in [0.717, 1.165) is 28.1 Å². The Labute approximate surface area is 117 Å². The minimum absolute atomic E-state index is 0.181. The normalized spacial score (nSPS) is 11.0. The van der Waals surface area contributed by atoms with Crippen molar-refractivity contribution in [2.24, 2.45) is 7.05 Å². The fourth-order valence-corrected chi connectivity index (χ4v) is 2.38. The van der Waals surface area contributed by atoms with Crippen LogP contribution in [0.3, 0.4) is 0 Å². The van der Waals surface area contributed by atoms with Crippen molar-refractivity contribution < 1.29 is 4.39 Å². The van der Waals surface area contributed by atoms with Crippen LogP contribution in [-0.2, 0) is 7.05 Å². The van der Waals surface area contributed by atoms with Gasteiger partial charge >= 0.3 is 0 Å². The maximum atomic E-state index is 13.7.